The van der Waals surface area contributed by atoms with Crippen molar-refractivity contribution in [2.24, 2.45) is 0 Å². The minimum atomic E-state index is 0.468. The maximum absolute atomic E-state index is 5.88. The minimum Gasteiger partial charge on any atom is -0.497 e. The zero-order valence-corrected chi connectivity index (χ0v) is 13.1. The van der Waals surface area contributed by atoms with E-state index in [0.29, 0.717) is 13.2 Å². The van der Waals surface area contributed by atoms with Crippen molar-refractivity contribution in [1.29, 1.82) is 0 Å². The highest BCUT2D eigenvalue weighted by Gasteiger charge is 2.07. The van der Waals surface area contributed by atoms with Crippen molar-refractivity contribution >= 4 is 11.3 Å². The predicted octanol–water partition coefficient (Wildman–Crippen LogP) is 2.47. The molecule has 2 aromatic rings. The molecule has 2 rings (SSSR count). The number of rotatable bonds is 9. The Bertz CT molecular complexity index is 532. The largest absolute Gasteiger partial charge is 0.497 e. The zero-order chi connectivity index (χ0) is 14.9. The lowest BCUT2D eigenvalue weighted by atomic mass is 10.2. The summed E-state index contributed by atoms with van der Waals surface area (Å²) < 4.78 is 16.2. The Labute approximate surface area is 128 Å². The van der Waals surface area contributed by atoms with E-state index in [-0.39, 0.29) is 0 Å². The van der Waals surface area contributed by atoms with Gasteiger partial charge in [-0.2, -0.15) is 0 Å². The normalized spacial score (nSPS) is 10.6. The highest BCUT2D eigenvalue weighted by atomic mass is 32.1. The van der Waals surface area contributed by atoms with Gasteiger partial charge >= 0.3 is 0 Å². The lowest BCUT2D eigenvalue weighted by Crippen LogP contribution is -2.19. The number of ether oxygens (including phenoxy) is 3. The Hall–Kier alpha value is -1.63. The lowest BCUT2D eigenvalue weighted by Gasteiger charge is -2.13. The van der Waals surface area contributed by atoms with Crippen LogP contribution in [0.4, 0.5) is 0 Å². The Morgan fingerprint density at radius 1 is 1.29 bits per heavy atom. The highest BCUT2D eigenvalue weighted by Crippen LogP contribution is 2.26. The molecule has 0 atom stereocenters. The molecule has 0 bridgehead atoms. The van der Waals surface area contributed by atoms with Crippen LogP contribution in [0.5, 0.6) is 11.5 Å². The smallest absolute Gasteiger partial charge is 0.140 e. The summed E-state index contributed by atoms with van der Waals surface area (Å²) in [6.45, 7) is 2.68. The summed E-state index contributed by atoms with van der Waals surface area (Å²) in [6, 6.07) is 5.85. The third-order valence-corrected chi connectivity index (χ3v) is 3.66. The average Bonchev–Trinajstić information content (AvgIpc) is 3.03. The van der Waals surface area contributed by atoms with Gasteiger partial charge in [-0.15, -0.1) is 11.3 Å². The molecule has 5 nitrogen and oxygen atoms in total. The Kier molecular flexibility index (Phi) is 6.46. The van der Waals surface area contributed by atoms with Crippen LogP contribution in [0, 0.1) is 0 Å². The zero-order valence-electron chi connectivity index (χ0n) is 12.3. The molecule has 0 radical (unpaired) electrons. The number of methoxy groups -OCH3 is 2. The van der Waals surface area contributed by atoms with Crippen LogP contribution in [-0.2, 0) is 17.9 Å². The van der Waals surface area contributed by atoms with Crippen molar-refractivity contribution in [3.05, 3.63) is 40.3 Å². The molecule has 0 aliphatic rings. The second kappa shape index (κ2) is 8.61. The molecule has 0 amide bonds. The number of aromatic nitrogens is 1. The van der Waals surface area contributed by atoms with Crippen molar-refractivity contribution in [2.45, 2.75) is 13.2 Å². The van der Waals surface area contributed by atoms with Gasteiger partial charge in [-0.25, -0.2) is 4.98 Å². The van der Waals surface area contributed by atoms with Gasteiger partial charge in [0.1, 0.15) is 23.1 Å². The van der Waals surface area contributed by atoms with Crippen LogP contribution in [0.15, 0.2) is 29.8 Å². The minimum absolute atomic E-state index is 0.468. The summed E-state index contributed by atoms with van der Waals surface area (Å²) >= 11 is 1.58. The quantitative estimate of drug-likeness (QED) is 0.721. The van der Waals surface area contributed by atoms with Crippen molar-refractivity contribution in [3.8, 4) is 11.5 Å². The van der Waals surface area contributed by atoms with E-state index in [9.17, 15) is 0 Å². The monoisotopic (exact) mass is 308 g/mol. The highest BCUT2D eigenvalue weighted by molar-refractivity contribution is 7.09. The molecule has 21 heavy (non-hydrogen) atoms. The molecule has 1 aromatic carbocycles. The van der Waals surface area contributed by atoms with Gasteiger partial charge in [-0.3, -0.25) is 0 Å². The molecular weight excluding hydrogens is 288 g/mol. The Morgan fingerprint density at radius 2 is 2.19 bits per heavy atom. The van der Waals surface area contributed by atoms with Gasteiger partial charge in [-0.05, 0) is 6.07 Å². The number of nitrogens with one attached hydrogen (secondary N) is 1. The van der Waals surface area contributed by atoms with Gasteiger partial charge < -0.3 is 19.5 Å². The summed E-state index contributed by atoms with van der Waals surface area (Å²) in [7, 11) is 3.34. The lowest BCUT2D eigenvalue weighted by molar-refractivity contribution is 0.199. The first-order valence-electron chi connectivity index (χ1n) is 6.71. The fraction of sp³-hybridized carbons (Fsp3) is 0.400. The van der Waals surface area contributed by atoms with E-state index in [2.05, 4.69) is 10.3 Å². The van der Waals surface area contributed by atoms with Gasteiger partial charge in [0.15, 0.2) is 0 Å². The van der Waals surface area contributed by atoms with Crippen LogP contribution in [-0.4, -0.2) is 32.4 Å². The predicted molar refractivity (Wildman–Crippen MR) is 83.0 cm³/mol. The number of thiazole rings is 1. The van der Waals surface area contributed by atoms with Crippen LogP contribution in [0.3, 0.4) is 0 Å². The van der Waals surface area contributed by atoms with E-state index in [0.717, 1.165) is 35.2 Å². The maximum atomic E-state index is 5.88. The molecule has 0 saturated heterocycles. The molecule has 1 aromatic heterocycles. The molecule has 0 unspecified atom stereocenters. The summed E-state index contributed by atoms with van der Waals surface area (Å²) in [5.41, 5.74) is 1.09. The van der Waals surface area contributed by atoms with Gasteiger partial charge in [0.25, 0.3) is 0 Å². The average molecular weight is 308 g/mol. The van der Waals surface area contributed by atoms with Crippen LogP contribution in [0.25, 0.3) is 0 Å². The van der Waals surface area contributed by atoms with Gasteiger partial charge in [0.2, 0.25) is 0 Å². The number of hydrogen-bond donors (Lipinski definition) is 1. The number of nitrogens with zero attached hydrogens (tertiary/aromatic N) is 1. The van der Waals surface area contributed by atoms with E-state index in [1.165, 1.54) is 0 Å². The molecule has 114 valence electrons. The summed E-state index contributed by atoms with van der Waals surface area (Å²) in [5, 5.41) is 6.21. The van der Waals surface area contributed by atoms with Crippen LogP contribution in [0.1, 0.15) is 10.6 Å². The molecule has 0 aliphatic carbocycles. The first-order valence-corrected chi connectivity index (χ1v) is 7.59. The molecule has 0 aliphatic heterocycles. The van der Waals surface area contributed by atoms with Crippen LogP contribution < -0.4 is 14.8 Å². The fourth-order valence-corrected chi connectivity index (χ4v) is 2.33. The van der Waals surface area contributed by atoms with Crippen LogP contribution in [0.2, 0.25) is 0 Å². The second-order valence-electron chi connectivity index (χ2n) is 4.36. The van der Waals surface area contributed by atoms with Crippen molar-refractivity contribution in [3.63, 3.8) is 0 Å². The van der Waals surface area contributed by atoms with E-state index in [1.54, 1.807) is 31.8 Å². The summed E-state index contributed by atoms with van der Waals surface area (Å²) in [5.74, 6) is 1.60. The van der Waals surface area contributed by atoms with E-state index >= 15 is 0 Å². The standard InChI is InChI=1S/C15H20N2O3S/c1-18-7-5-16-10-12-3-4-13(19-2)9-14(12)20-11-15-17-6-8-21-15/h3-4,6,8-9,16H,5,7,10-11H2,1-2H3. The van der Waals surface area contributed by atoms with E-state index in [4.69, 9.17) is 14.2 Å². The molecule has 0 spiro atoms. The van der Waals surface area contributed by atoms with Gasteiger partial charge in [0.05, 0.1) is 13.7 Å². The topological polar surface area (TPSA) is 52.6 Å². The number of hydrogen-bond acceptors (Lipinski definition) is 6. The van der Waals surface area contributed by atoms with Crippen LogP contribution >= 0.6 is 11.3 Å². The molecular formula is C15H20N2O3S. The Morgan fingerprint density at radius 3 is 2.90 bits per heavy atom. The molecule has 0 saturated carbocycles. The summed E-state index contributed by atoms with van der Waals surface area (Å²) in [4.78, 5) is 4.22. The molecule has 6 heteroatoms. The fourth-order valence-electron chi connectivity index (χ4n) is 1.80. The molecule has 1 N–H and O–H groups in total. The SMILES string of the molecule is COCCNCc1ccc(OC)cc1OCc1nccs1. The second-order valence-corrected chi connectivity index (χ2v) is 5.34. The van der Waals surface area contributed by atoms with E-state index in [1.807, 2.05) is 23.6 Å². The molecule has 1 heterocycles. The van der Waals surface area contributed by atoms with Gasteiger partial charge in [-0.1, -0.05) is 6.07 Å². The number of benzene rings is 1. The summed E-state index contributed by atoms with van der Waals surface area (Å²) in [6.07, 6.45) is 1.78. The van der Waals surface area contributed by atoms with Crippen molar-refractivity contribution in [2.75, 3.05) is 27.4 Å². The molecule has 0 fully saturated rings. The maximum Gasteiger partial charge on any atom is 0.140 e. The van der Waals surface area contributed by atoms with Gasteiger partial charge in [0, 0.05) is 43.4 Å². The van der Waals surface area contributed by atoms with Crippen molar-refractivity contribution in [1.82, 2.24) is 10.3 Å². The Balaban J connectivity index is 2.00. The van der Waals surface area contributed by atoms with E-state index < -0.39 is 0 Å². The third-order valence-electron chi connectivity index (χ3n) is 2.91. The third kappa shape index (κ3) is 5.00. The first kappa shape index (κ1) is 15.8. The first-order chi connectivity index (χ1) is 10.3. The van der Waals surface area contributed by atoms with Crippen molar-refractivity contribution < 1.29 is 14.2 Å².